The first-order valence-electron chi connectivity index (χ1n) is 10.2. The molecule has 0 unspecified atom stereocenters. The molecule has 0 bridgehead atoms. The van der Waals surface area contributed by atoms with Crippen molar-refractivity contribution in [1.82, 2.24) is 4.57 Å². The van der Waals surface area contributed by atoms with E-state index in [2.05, 4.69) is 5.32 Å². The molecule has 3 rings (SSSR count). The highest BCUT2D eigenvalue weighted by Crippen LogP contribution is 2.33. The van der Waals surface area contributed by atoms with Crippen LogP contribution < -0.4 is 29.8 Å². The molecule has 170 valence electrons. The van der Waals surface area contributed by atoms with Crippen LogP contribution in [0.25, 0.3) is 10.8 Å². The van der Waals surface area contributed by atoms with Gasteiger partial charge in [0.25, 0.3) is 11.5 Å². The van der Waals surface area contributed by atoms with Crippen LogP contribution in [0.3, 0.4) is 0 Å². The van der Waals surface area contributed by atoms with E-state index in [4.69, 9.17) is 18.9 Å². The lowest BCUT2D eigenvalue weighted by Crippen LogP contribution is -2.25. The second-order valence-electron chi connectivity index (χ2n) is 7.67. The van der Waals surface area contributed by atoms with Crippen molar-refractivity contribution in [2.45, 2.75) is 20.4 Å². The van der Waals surface area contributed by atoms with Crippen molar-refractivity contribution in [2.24, 2.45) is 5.92 Å². The van der Waals surface area contributed by atoms with Gasteiger partial charge in [-0.05, 0) is 30.2 Å². The third-order valence-corrected chi connectivity index (χ3v) is 5.04. The Labute approximate surface area is 186 Å². The fraction of sp³-hybridized carbons (Fsp3) is 0.333. The van der Waals surface area contributed by atoms with E-state index in [0.717, 1.165) is 0 Å². The molecule has 1 amide bonds. The summed E-state index contributed by atoms with van der Waals surface area (Å²) in [5.74, 6) is 1.75. The molecule has 0 radical (unpaired) electrons. The molecule has 1 aromatic heterocycles. The maximum atomic E-state index is 13.3. The molecule has 0 atom stereocenters. The van der Waals surface area contributed by atoms with Crippen molar-refractivity contribution in [2.75, 3.05) is 33.8 Å². The van der Waals surface area contributed by atoms with Crippen molar-refractivity contribution < 1.29 is 23.7 Å². The number of amides is 1. The molecule has 0 fully saturated rings. The summed E-state index contributed by atoms with van der Waals surface area (Å²) in [5.41, 5.74) is 0.677. The van der Waals surface area contributed by atoms with E-state index in [0.29, 0.717) is 51.6 Å². The van der Waals surface area contributed by atoms with Crippen molar-refractivity contribution >= 4 is 22.4 Å². The summed E-state index contributed by atoms with van der Waals surface area (Å²) in [7, 11) is 6.08. The van der Waals surface area contributed by atoms with Gasteiger partial charge in [0.05, 0.1) is 39.4 Å². The summed E-state index contributed by atoms with van der Waals surface area (Å²) in [6.45, 7) is 4.49. The number of fused-ring (bicyclic) bond motifs is 1. The lowest BCUT2D eigenvalue weighted by atomic mass is 10.0. The van der Waals surface area contributed by atoms with Crippen LogP contribution in [0.5, 0.6) is 23.0 Å². The molecule has 1 heterocycles. The van der Waals surface area contributed by atoms with Gasteiger partial charge in [-0.3, -0.25) is 9.59 Å². The number of anilines is 1. The maximum absolute atomic E-state index is 13.3. The molecule has 0 aliphatic heterocycles. The molecule has 1 N–H and O–H groups in total. The van der Waals surface area contributed by atoms with Crippen molar-refractivity contribution in [3.8, 4) is 23.0 Å². The smallest absolute Gasteiger partial charge is 0.258 e. The highest BCUT2D eigenvalue weighted by atomic mass is 16.5. The highest BCUT2D eigenvalue weighted by molar-refractivity contribution is 6.13. The summed E-state index contributed by atoms with van der Waals surface area (Å²) >= 11 is 0. The molecule has 0 aliphatic carbocycles. The Morgan fingerprint density at radius 3 is 2.00 bits per heavy atom. The summed E-state index contributed by atoms with van der Waals surface area (Å²) in [6.07, 6.45) is 1.59. The van der Waals surface area contributed by atoms with Crippen molar-refractivity contribution in [1.29, 1.82) is 0 Å². The third-order valence-electron chi connectivity index (χ3n) is 5.04. The zero-order chi connectivity index (χ0) is 23.4. The second kappa shape index (κ2) is 9.64. The number of benzene rings is 2. The minimum absolute atomic E-state index is 0.197. The first-order valence-corrected chi connectivity index (χ1v) is 10.2. The number of ether oxygens (including phenoxy) is 4. The maximum Gasteiger partial charge on any atom is 0.258 e. The number of methoxy groups -OCH3 is 4. The van der Waals surface area contributed by atoms with Gasteiger partial charge < -0.3 is 28.8 Å². The van der Waals surface area contributed by atoms with Gasteiger partial charge in [0.1, 0.15) is 0 Å². The van der Waals surface area contributed by atoms with Gasteiger partial charge in [0, 0.05) is 29.9 Å². The van der Waals surface area contributed by atoms with Crippen LogP contribution in [0.2, 0.25) is 0 Å². The van der Waals surface area contributed by atoms with Crippen LogP contribution in [0.15, 0.2) is 41.3 Å². The molecule has 8 nitrogen and oxygen atoms in total. The van der Waals surface area contributed by atoms with Gasteiger partial charge in [0.2, 0.25) is 0 Å². The minimum atomic E-state index is -0.369. The van der Waals surface area contributed by atoms with Gasteiger partial charge in [-0.15, -0.1) is 0 Å². The minimum Gasteiger partial charge on any atom is -0.493 e. The molecule has 0 saturated carbocycles. The lowest BCUT2D eigenvalue weighted by Gasteiger charge is -2.16. The summed E-state index contributed by atoms with van der Waals surface area (Å²) in [4.78, 5) is 26.4. The van der Waals surface area contributed by atoms with Gasteiger partial charge in [-0.2, -0.15) is 0 Å². The van der Waals surface area contributed by atoms with Gasteiger partial charge in [-0.25, -0.2) is 0 Å². The normalized spacial score (nSPS) is 10.8. The SMILES string of the molecule is COc1ccc(NC(=O)c2cn(CC(C)C)c(=O)c3cc(OC)c(OC)cc23)cc1OC. The largest absolute Gasteiger partial charge is 0.493 e. The van der Waals surface area contributed by atoms with E-state index in [1.165, 1.54) is 21.3 Å². The Hall–Kier alpha value is -3.68. The van der Waals surface area contributed by atoms with Gasteiger partial charge in [0.15, 0.2) is 23.0 Å². The van der Waals surface area contributed by atoms with Gasteiger partial charge >= 0.3 is 0 Å². The van der Waals surface area contributed by atoms with Crippen LogP contribution in [0, 0.1) is 5.92 Å². The number of hydrogen-bond acceptors (Lipinski definition) is 6. The van der Waals surface area contributed by atoms with Crippen LogP contribution in [-0.4, -0.2) is 38.9 Å². The standard InChI is InChI=1S/C24H28N2O6/c1-14(2)12-26-13-18(16-10-21(31-5)22(32-6)11-17(16)24(26)28)23(27)25-15-7-8-19(29-3)20(9-15)30-4/h7-11,13-14H,12H2,1-6H3,(H,25,27). The van der Waals surface area contributed by atoms with Crippen LogP contribution in [-0.2, 0) is 6.54 Å². The fourth-order valence-electron chi connectivity index (χ4n) is 3.54. The Balaban J connectivity index is 2.15. The van der Waals surface area contributed by atoms with E-state index in [1.54, 1.807) is 48.2 Å². The molecule has 8 heteroatoms. The highest BCUT2D eigenvalue weighted by Gasteiger charge is 2.19. The Kier molecular flexibility index (Phi) is 6.92. The molecule has 2 aromatic carbocycles. The molecule has 3 aromatic rings. The number of nitrogens with zero attached hydrogens (tertiary/aromatic N) is 1. The Bertz CT molecular complexity index is 1200. The van der Waals surface area contributed by atoms with E-state index in [9.17, 15) is 9.59 Å². The summed E-state index contributed by atoms with van der Waals surface area (Å²) < 4.78 is 22.9. The average Bonchev–Trinajstić information content (AvgIpc) is 2.79. The summed E-state index contributed by atoms with van der Waals surface area (Å²) in [6, 6.07) is 8.36. The summed E-state index contributed by atoms with van der Waals surface area (Å²) in [5, 5.41) is 3.74. The van der Waals surface area contributed by atoms with E-state index in [1.807, 2.05) is 13.8 Å². The average molecular weight is 440 g/mol. The number of carbonyl (C=O) groups is 1. The molecular formula is C24H28N2O6. The second-order valence-corrected chi connectivity index (χ2v) is 7.67. The predicted molar refractivity (Wildman–Crippen MR) is 124 cm³/mol. The zero-order valence-electron chi connectivity index (χ0n) is 19.1. The number of hydrogen-bond donors (Lipinski definition) is 1. The zero-order valence-corrected chi connectivity index (χ0v) is 19.1. The van der Waals surface area contributed by atoms with E-state index in [-0.39, 0.29) is 17.4 Å². The number of rotatable bonds is 8. The predicted octanol–water partition coefficient (Wildman–Crippen LogP) is 3.94. The molecule has 0 spiro atoms. The Morgan fingerprint density at radius 1 is 0.875 bits per heavy atom. The number of pyridine rings is 1. The van der Waals surface area contributed by atoms with Crippen LogP contribution in [0.4, 0.5) is 5.69 Å². The molecular weight excluding hydrogens is 412 g/mol. The number of carbonyl (C=O) groups excluding carboxylic acids is 1. The fourth-order valence-corrected chi connectivity index (χ4v) is 3.54. The number of nitrogens with one attached hydrogen (secondary N) is 1. The van der Waals surface area contributed by atoms with Crippen LogP contribution in [0.1, 0.15) is 24.2 Å². The Morgan fingerprint density at radius 2 is 1.44 bits per heavy atom. The quantitative estimate of drug-likeness (QED) is 0.571. The molecule has 32 heavy (non-hydrogen) atoms. The van der Waals surface area contributed by atoms with E-state index < -0.39 is 0 Å². The molecule has 0 aliphatic rings. The lowest BCUT2D eigenvalue weighted by molar-refractivity contribution is 0.102. The molecule has 0 saturated heterocycles. The third kappa shape index (κ3) is 4.49. The van der Waals surface area contributed by atoms with Gasteiger partial charge in [-0.1, -0.05) is 13.8 Å². The first-order chi connectivity index (χ1) is 15.3. The topological polar surface area (TPSA) is 88.0 Å². The number of aromatic nitrogens is 1. The van der Waals surface area contributed by atoms with Crippen molar-refractivity contribution in [3.63, 3.8) is 0 Å². The van der Waals surface area contributed by atoms with Crippen molar-refractivity contribution in [3.05, 3.63) is 52.4 Å². The van der Waals surface area contributed by atoms with E-state index >= 15 is 0 Å². The first kappa shape index (κ1) is 23.0. The monoisotopic (exact) mass is 440 g/mol. The van der Waals surface area contributed by atoms with Crippen LogP contribution >= 0.6 is 0 Å².